The second-order valence-corrected chi connectivity index (χ2v) is 3.97. The molecule has 0 aromatic carbocycles. The second-order valence-electron chi connectivity index (χ2n) is 3.97. The molecule has 0 aliphatic carbocycles. The minimum absolute atomic E-state index is 0.136. The molecule has 1 aliphatic rings. The van der Waals surface area contributed by atoms with E-state index in [0.29, 0.717) is 0 Å². The fourth-order valence-corrected chi connectivity index (χ4v) is 2.09. The molecule has 92 valence electrons. The third-order valence-electron chi connectivity index (χ3n) is 2.64. The number of rotatable bonds is 2. The lowest BCUT2D eigenvalue weighted by Crippen LogP contribution is -2.55. The zero-order valence-corrected chi connectivity index (χ0v) is 9.98. The molecular weight excluding hydrogens is 214 g/mol. The Hall–Kier alpha value is -1.14. The first kappa shape index (κ1) is 12.9. The van der Waals surface area contributed by atoms with Crippen LogP contribution in [-0.4, -0.2) is 50.9 Å². The van der Waals surface area contributed by atoms with Crippen molar-refractivity contribution in [2.75, 3.05) is 27.8 Å². The summed E-state index contributed by atoms with van der Waals surface area (Å²) in [5, 5.41) is 1.46. The van der Waals surface area contributed by atoms with Crippen molar-refractivity contribution in [3.63, 3.8) is 0 Å². The van der Waals surface area contributed by atoms with Gasteiger partial charge in [0.1, 0.15) is 0 Å². The van der Waals surface area contributed by atoms with Crippen LogP contribution >= 0.6 is 0 Å². The van der Waals surface area contributed by atoms with Crippen LogP contribution in [0.4, 0.5) is 0 Å². The molecule has 1 saturated heterocycles. The molecule has 1 aliphatic heterocycles. The molecule has 0 amide bonds. The fraction of sp³-hybridized carbons (Fsp3) is 0.800. The Morgan fingerprint density at radius 1 is 1.31 bits per heavy atom. The second kappa shape index (κ2) is 4.80. The molecular formula is C10H17NO5. The molecule has 0 saturated carbocycles. The molecule has 0 aromatic rings. The molecule has 6 heteroatoms. The van der Waals surface area contributed by atoms with Gasteiger partial charge in [0.2, 0.25) is 0 Å². The number of esters is 2. The third-order valence-corrected chi connectivity index (χ3v) is 2.64. The van der Waals surface area contributed by atoms with Gasteiger partial charge in [-0.05, 0) is 6.92 Å². The van der Waals surface area contributed by atoms with Crippen LogP contribution in [0.1, 0.15) is 13.3 Å². The van der Waals surface area contributed by atoms with Gasteiger partial charge in [0.25, 0.3) is 0 Å². The molecule has 1 fully saturated rings. The summed E-state index contributed by atoms with van der Waals surface area (Å²) in [6.07, 6.45) is 0.0217. The summed E-state index contributed by atoms with van der Waals surface area (Å²) in [7, 11) is 4.18. The Balaban J connectivity index is 3.03. The number of nitrogens with zero attached hydrogens (tertiary/aromatic N) is 1. The molecule has 0 N–H and O–H groups in total. The van der Waals surface area contributed by atoms with Crippen LogP contribution < -0.4 is 0 Å². The number of methoxy groups -OCH3 is 2. The Morgan fingerprint density at radius 2 is 1.81 bits per heavy atom. The van der Waals surface area contributed by atoms with E-state index >= 15 is 0 Å². The smallest absolute Gasteiger partial charge is 0.324 e. The zero-order chi connectivity index (χ0) is 12.3. The van der Waals surface area contributed by atoms with Crippen molar-refractivity contribution in [3.8, 4) is 0 Å². The summed E-state index contributed by atoms with van der Waals surface area (Å²) in [6.45, 7) is 1.92. The van der Waals surface area contributed by atoms with Crippen LogP contribution in [0, 0.1) is 5.41 Å². The summed E-state index contributed by atoms with van der Waals surface area (Å²) in [6, 6.07) is 0. The van der Waals surface area contributed by atoms with E-state index < -0.39 is 17.4 Å². The molecule has 16 heavy (non-hydrogen) atoms. The van der Waals surface area contributed by atoms with Gasteiger partial charge in [0.15, 0.2) is 5.41 Å². The van der Waals surface area contributed by atoms with E-state index in [1.807, 2.05) is 0 Å². The first-order valence-electron chi connectivity index (χ1n) is 5.01. The molecule has 1 unspecified atom stereocenters. The minimum atomic E-state index is -1.28. The van der Waals surface area contributed by atoms with Crippen molar-refractivity contribution >= 4 is 11.9 Å². The molecule has 0 radical (unpaired) electrons. The first-order valence-corrected chi connectivity index (χ1v) is 5.01. The van der Waals surface area contributed by atoms with E-state index in [1.165, 1.54) is 19.3 Å². The first-order chi connectivity index (χ1) is 7.46. The van der Waals surface area contributed by atoms with Crippen LogP contribution in [0.25, 0.3) is 0 Å². The maximum atomic E-state index is 11.8. The predicted molar refractivity (Wildman–Crippen MR) is 54.3 cm³/mol. The maximum absolute atomic E-state index is 11.8. The van der Waals surface area contributed by atoms with E-state index in [0.717, 1.165) is 0 Å². The highest BCUT2D eigenvalue weighted by molar-refractivity contribution is 6.00. The van der Waals surface area contributed by atoms with E-state index in [4.69, 9.17) is 14.3 Å². The third kappa shape index (κ3) is 2.17. The summed E-state index contributed by atoms with van der Waals surface area (Å²) in [5.41, 5.74) is -1.28. The highest BCUT2D eigenvalue weighted by atomic mass is 16.7. The predicted octanol–water partition coefficient (Wildman–Crippen LogP) is -0.0256. The number of carbonyl (C=O) groups is 2. The normalized spacial score (nSPS) is 24.9. The van der Waals surface area contributed by atoms with E-state index in [9.17, 15) is 9.59 Å². The van der Waals surface area contributed by atoms with Crippen LogP contribution in [0.2, 0.25) is 0 Å². The molecule has 0 aromatic heterocycles. The molecule has 0 spiro atoms. The number of ether oxygens (including phenoxy) is 2. The van der Waals surface area contributed by atoms with Crippen LogP contribution in [0.5, 0.6) is 0 Å². The quantitative estimate of drug-likeness (QED) is 0.491. The number of carbonyl (C=O) groups excluding carboxylic acids is 2. The zero-order valence-electron chi connectivity index (χ0n) is 9.98. The van der Waals surface area contributed by atoms with Gasteiger partial charge in [-0.25, -0.2) is 0 Å². The molecule has 0 bridgehead atoms. The van der Waals surface area contributed by atoms with Gasteiger partial charge in [-0.15, -0.1) is 0 Å². The Morgan fingerprint density at radius 3 is 2.19 bits per heavy atom. The topological polar surface area (TPSA) is 65.1 Å². The molecule has 1 rings (SSSR count). The summed E-state index contributed by atoms with van der Waals surface area (Å²) >= 11 is 0. The highest BCUT2D eigenvalue weighted by Gasteiger charge is 2.53. The van der Waals surface area contributed by atoms with Crippen molar-refractivity contribution in [2.24, 2.45) is 5.41 Å². The van der Waals surface area contributed by atoms with Gasteiger partial charge < -0.3 is 9.47 Å². The van der Waals surface area contributed by atoms with E-state index in [1.54, 1.807) is 14.0 Å². The number of hydrogen-bond donors (Lipinski definition) is 0. The van der Waals surface area contributed by atoms with Gasteiger partial charge in [-0.2, -0.15) is 5.06 Å². The summed E-state index contributed by atoms with van der Waals surface area (Å²) < 4.78 is 9.38. The van der Waals surface area contributed by atoms with Crippen molar-refractivity contribution < 1.29 is 23.9 Å². The minimum Gasteiger partial charge on any atom is -0.468 e. The molecule has 6 nitrogen and oxygen atoms in total. The van der Waals surface area contributed by atoms with Gasteiger partial charge in [-0.3, -0.25) is 14.4 Å². The lowest BCUT2D eigenvalue weighted by atomic mass is 9.81. The van der Waals surface area contributed by atoms with Crippen molar-refractivity contribution in [1.82, 2.24) is 5.06 Å². The average molecular weight is 231 g/mol. The average Bonchev–Trinajstić information content (AvgIpc) is 2.25. The van der Waals surface area contributed by atoms with Crippen molar-refractivity contribution in [3.05, 3.63) is 0 Å². The number of hydrogen-bond acceptors (Lipinski definition) is 6. The lowest BCUT2D eigenvalue weighted by molar-refractivity contribution is -0.241. The van der Waals surface area contributed by atoms with Crippen molar-refractivity contribution in [2.45, 2.75) is 19.4 Å². The Kier molecular flexibility index (Phi) is 3.88. The Bertz CT molecular complexity index is 263. The van der Waals surface area contributed by atoms with E-state index in [-0.39, 0.29) is 19.1 Å². The fourth-order valence-electron chi connectivity index (χ4n) is 2.09. The van der Waals surface area contributed by atoms with Crippen LogP contribution in [0.3, 0.4) is 0 Å². The van der Waals surface area contributed by atoms with Gasteiger partial charge in [-0.1, -0.05) is 0 Å². The lowest BCUT2D eigenvalue weighted by Gasteiger charge is -2.39. The van der Waals surface area contributed by atoms with E-state index in [2.05, 4.69) is 0 Å². The van der Waals surface area contributed by atoms with Gasteiger partial charge in [0.05, 0.1) is 26.9 Å². The van der Waals surface area contributed by atoms with Gasteiger partial charge in [0, 0.05) is 13.5 Å². The van der Waals surface area contributed by atoms with Crippen molar-refractivity contribution in [1.29, 1.82) is 0 Å². The number of hydroxylamine groups is 2. The largest absolute Gasteiger partial charge is 0.468 e. The molecule has 1 atom stereocenters. The van der Waals surface area contributed by atoms with Gasteiger partial charge >= 0.3 is 11.9 Å². The monoisotopic (exact) mass is 231 g/mol. The maximum Gasteiger partial charge on any atom is 0.324 e. The van der Waals surface area contributed by atoms with Crippen LogP contribution in [-0.2, 0) is 23.9 Å². The highest BCUT2D eigenvalue weighted by Crippen LogP contribution is 2.33. The Labute approximate surface area is 94.4 Å². The standard InChI is InChI=1S/C10H17NO5/c1-7-5-10(8(12)14-3,9(13)15-4)6-11(2)16-7/h7H,5-6H2,1-4H3. The molecule has 1 heterocycles. The van der Waals surface area contributed by atoms with Crippen LogP contribution in [0.15, 0.2) is 0 Å². The SMILES string of the molecule is COC(=O)C1(C(=O)OC)CC(C)ON(C)C1. The summed E-state index contributed by atoms with van der Waals surface area (Å²) in [5.74, 6) is -1.16. The summed E-state index contributed by atoms with van der Waals surface area (Å²) in [4.78, 5) is 28.9.